The number of nitrogens with one attached hydrogen (secondary N) is 1. The summed E-state index contributed by atoms with van der Waals surface area (Å²) in [5.41, 5.74) is -0.0871. The first-order valence-corrected chi connectivity index (χ1v) is 3.68. The highest BCUT2D eigenvalue weighted by Crippen LogP contribution is 2.20. The fourth-order valence-electron chi connectivity index (χ4n) is 0.910. The van der Waals surface area contributed by atoms with Crippen LogP contribution in [0, 0.1) is 10.1 Å². The maximum atomic E-state index is 10.4. The van der Waals surface area contributed by atoms with Gasteiger partial charge in [0.15, 0.2) is 0 Å². The van der Waals surface area contributed by atoms with Crippen LogP contribution in [0.5, 0.6) is 0 Å². The van der Waals surface area contributed by atoms with Crippen LogP contribution < -0.4 is 5.32 Å². The summed E-state index contributed by atoms with van der Waals surface area (Å²) in [5.74, 6) is 0.182. The lowest BCUT2D eigenvalue weighted by atomic mass is 10.5. The third kappa shape index (κ3) is 2.15. The minimum absolute atomic E-state index is 0.0871. The average molecular weight is 186 g/mol. The van der Waals surface area contributed by atoms with E-state index in [4.69, 9.17) is 5.11 Å². The molecule has 1 aromatic heterocycles. The van der Waals surface area contributed by atoms with E-state index in [0.717, 1.165) is 0 Å². The van der Waals surface area contributed by atoms with Crippen molar-refractivity contribution in [1.82, 2.24) is 9.78 Å². The molecule has 0 saturated heterocycles. The van der Waals surface area contributed by atoms with Crippen LogP contribution in [0.1, 0.15) is 0 Å². The zero-order valence-electron chi connectivity index (χ0n) is 7.10. The molecule has 1 heterocycles. The Morgan fingerprint density at radius 2 is 2.54 bits per heavy atom. The Labute approximate surface area is 74.1 Å². The van der Waals surface area contributed by atoms with E-state index in [2.05, 4.69) is 10.4 Å². The minimum Gasteiger partial charge on any atom is -0.395 e. The van der Waals surface area contributed by atoms with Crippen molar-refractivity contribution < 1.29 is 10.0 Å². The van der Waals surface area contributed by atoms with Gasteiger partial charge in [-0.05, 0) is 0 Å². The summed E-state index contributed by atoms with van der Waals surface area (Å²) in [4.78, 5) is 9.93. The van der Waals surface area contributed by atoms with E-state index in [0.29, 0.717) is 0 Å². The van der Waals surface area contributed by atoms with E-state index in [1.54, 1.807) is 7.05 Å². The van der Waals surface area contributed by atoms with Gasteiger partial charge in [-0.2, -0.15) is 0 Å². The molecule has 0 unspecified atom stereocenters. The van der Waals surface area contributed by atoms with E-state index >= 15 is 0 Å². The summed E-state index contributed by atoms with van der Waals surface area (Å²) < 4.78 is 1.35. The predicted octanol–water partition coefficient (Wildman–Crippen LogP) is -0.268. The van der Waals surface area contributed by atoms with E-state index in [-0.39, 0.29) is 24.7 Å². The van der Waals surface area contributed by atoms with Crippen molar-refractivity contribution in [2.24, 2.45) is 7.05 Å². The zero-order chi connectivity index (χ0) is 9.84. The van der Waals surface area contributed by atoms with Crippen molar-refractivity contribution in [2.45, 2.75) is 0 Å². The van der Waals surface area contributed by atoms with Gasteiger partial charge < -0.3 is 10.4 Å². The Balaban J connectivity index is 2.84. The van der Waals surface area contributed by atoms with Crippen molar-refractivity contribution in [3.63, 3.8) is 0 Å². The second kappa shape index (κ2) is 3.85. The summed E-state index contributed by atoms with van der Waals surface area (Å²) in [6, 6.07) is 0. The summed E-state index contributed by atoms with van der Waals surface area (Å²) in [7, 11) is 1.59. The first-order valence-electron chi connectivity index (χ1n) is 3.68. The molecule has 2 N–H and O–H groups in total. The smallest absolute Gasteiger partial charge is 0.330 e. The van der Waals surface area contributed by atoms with E-state index in [9.17, 15) is 10.1 Å². The van der Waals surface area contributed by atoms with Gasteiger partial charge >= 0.3 is 5.69 Å². The van der Waals surface area contributed by atoms with Crippen molar-refractivity contribution >= 4 is 11.5 Å². The van der Waals surface area contributed by atoms with Gasteiger partial charge in [0, 0.05) is 13.6 Å². The molecule has 0 aliphatic rings. The fourth-order valence-corrected chi connectivity index (χ4v) is 0.910. The molecule has 13 heavy (non-hydrogen) atoms. The zero-order valence-corrected chi connectivity index (χ0v) is 7.10. The molecule has 0 aliphatic carbocycles. The van der Waals surface area contributed by atoms with E-state index in [1.165, 1.54) is 10.9 Å². The molecule has 0 aromatic carbocycles. The Hall–Kier alpha value is -1.63. The first-order chi connectivity index (χ1) is 6.15. The number of nitro groups is 1. The Bertz CT molecular complexity index is 309. The molecule has 72 valence electrons. The lowest BCUT2D eigenvalue weighted by molar-refractivity contribution is -0.384. The van der Waals surface area contributed by atoms with Gasteiger partial charge in [-0.15, -0.1) is 5.10 Å². The summed E-state index contributed by atoms with van der Waals surface area (Å²) in [6.07, 6.45) is 1.31. The highest BCUT2D eigenvalue weighted by Gasteiger charge is 2.17. The maximum absolute atomic E-state index is 10.4. The average Bonchev–Trinajstić information content (AvgIpc) is 2.43. The van der Waals surface area contributed by atoms with Crippen LogP contribution in [0.3, 0.4) is 0 Å². The third-order valence-corrected chi connectivity index (χ3v) is 1.41. The Kier molecular flexibility index (Phi) is 2.80. The minimum atomic E-state index is -0.521. The fraction of sp³-hybridized carbons (Fsp3) is 0.500. The molecule has 1 rings (SSSR count). The van der Waals surface area contributed by atoms with Crippen LogP contribution in [-0.2, 0) is 7.05 Å². The molecule has 7 heteroatoms. The molecule has 0 amide bonds. The van der Waals surface area contributed by atoms with Gasteiger partial charge in [0.05, 0.1) is 11.5 Å². The number of hydrogen-bond donors (Lipinski definition) is 2. The number of nitrogens with zero attached hydrogens (tertiary/aromatic N) is 3. The third-order valence-electron chi connectivity index (χ3n) is 1.41. The quantitative estimate of drug-likeness (QED) is 0.498. The highest BCUT2D eigenvalue weighted by atomic mass is 16.6. The normalized spacial score (nSPS) is 10.0. The number of anilines is 1. The lowest BCUT2D eigenvalue weighted by Gasteiger charge is -1.97. The molecule has 0 bridgehead atoms. The molecule has 0 atom stereocenters. The number of aliphatic hydroxyl groups is 1. The summed E-state index contributed by atoms with van der Waals surface area (Å²) >= 11 is 0. The van der Waals surface area contributed by atoms with Crippen LogP contribution in [-0.4, -0.2) is 33.0 Å². The van der Waals surface area contributed by atoms with Crippen LogP contribution in [0.25, 0.3) is 0 Å². The Morgan fingerprint density at radius 3 is 3.08 bits per heavy atom. The van der Waals surface area contributed by atoms with Gasteiger partial charge in [0.2, 0.25) is 5.82 Å². The SMILES string of the molecule is Cn1cc([N+](=O)[O-])c(NCCO)n1. The van der Waals surface area contributed by atoms with Gasteiger partial charge in [0.1, 0.15) is 6.20 Å². The molecular formula is C6H10N4O3. The van der Waals surface area contributed by atoms with Crippen LogP contribution in [0.15, 0.2) is 6.20 Å². The molecule has 0 aliphatic heterocycles. The monoisotopic (exact) mass is 186 g/mol. The molecular weight excluding hydrogens is 176 g/mol. The Morgan fingerprint density at radius 1 is 1.85 bits per heavy atom. The van der Waals surface area contributed by atoms with Crippen molar-refractivity contribution in [3.8, 4) is 0 Å². The standard InChI is InChI=1S/C6H10N4O3/c1-9-4-5(10(12)13)6(8-9)7-2-3-11/h4,11H,2-3H2,1H3,(H,7,8). The second-order valence-corrected chi connectivity index (χ2v) is 2.44. The first kappa shape index (κ1) is 9.46. The molecule has 0 spiro atoms. The number of aliphatic hydroxyl groups excluding tert-OH is 1. The molecule has 7 nitrogen and oxygen atoms in total. The van der Waals surface area contributed by atoms with Crippen molar-refractivity contribution in [2.75, 3.05) is 18.5 Å². The summed E-state index contributed by atoms with van der Waals surface area (Å²) in [5, 5.41) is 25.4. The highest BCUT2D eigenvalue weighted by molar-refractivity contribution is 5.54. The lowest BCUT2D eigenvalue weighted by Crippen LogP contribution is -2.07. The summed E-state index contributed by atoms with van der Waals surface area (Å²) in [6.45, 7) is 0.158. The second-order valence-electron chi connectivity index (χ2n) is 2.44. The van der Waals surface area contributed by atoms with Gasteiger partial charge in [-0.3, -0.25) is 14.8 Å². The molecule has 1 aromatic rings. The predicted molar refractivity (Wildman–Crippen MR) is 45.4 cm³/mol. The molecule has 0 radical (unpaired) electrons. The molecule has 0 saturated carbocycles. The van der Waals surface area contributed by atoms with Crippen molar-refractivity contribution in [1.29, 1.82) is 0 Å². The molecule has 0 fully saturated rings. The van der Waals surface area contributed by atoms with Crippen molar-refractivity contribution in [3.05, 3.63) is 16.3 Å². The van der Waals surface area contributed by atoms with Crippen LogP contribution in [0.2, 0.25) is 0 Å². The maximum Gasteiger partial charge on any atom is 0.330 e. The van der Waals surface area contributed by atoms with Crippen LogP contribution in [0.4, 0.5) is 11.5 Å². The number of aromatic nitrogens is 2. The van der Waals surface area contributed by atoms with Gasteiger partial charge in [-0.1, -0.05) is 0 Å². The largest absolute Gasteiger partial charge is 0.395 e. The van der Waals surface area contributed by atoms with E-state index in [1.807, 2.05) is 0 Å². The number of hydrogen-bond acceptors (Lipinski definition) is 5. The number of rotatable bonds is 4. The van der Waals surface area contributed by atoms with Gasteiger partial charge in [0.25, 0.3) is 0 Å². The number of aryl methyl sites for hydroxylation is 1. The van der Waals surface area contributed by atoms with Crippen LogP contribution >= 0.6 is 0 Å². The topological polar surface area (TPSA) is 93.2 Å². The van der Waals surface area contributed by atoms with Gasteiger partial charge in [-0.25, -0.2) is 0 Å². The van der Waals surface area contributed by atoms with E-state index < -0.39 is 4.92 Å².